The highest BCUT2D eigenvalue weighted by Crippen LogP contribution is 2.33. The van der Waals surface area contributed by atoms with Gasteiger partial charge in [0, 0.05) is 18.8 Å². The largest absolute Gasteiger partial charge is 0.372 e. The predicted molar refractivity (Wildman–Crippen MR) is 81.1 cm³/mol. The molecule has 0 saturated carbocycles. The molecule has 0 amide bonds. The molecule has 1 aliphatic rings. The van der Waals surface area contributed by atoms with Crippen LogP contribution >= 0.6 is 0 Å². The van der Waals surface area contributed by atoms with Crippen molar-refractivity contribution < 1.29 is 0 Å². The van der Waals surface area contributed by atoms with Crippen LogP contribution in [0.15, 0.2) is 36.4 Å². The van der Waals surface area contributed by atoms with E-state index in [1.165, 1.54) is 28.0 Å². The molecule has 0 saturated heterocycles. The standard InChI is InChI=1S/C17H23N/c1-5-14-10-13(4)11-15-12-16(8-9-17(14)15)18(6-2)7-3/h8-10,12H,4-7,11H2,1-3H3. The lowest BCUT2D eigenvalue weighted by Gasteiger charge is -2.25. The lowest BCUT2D eigenvalue weighted by molar-refractivity contribution is 0.864. The van der Waals surface area contributed by atoms with E-state index in [0.29, 0.717) is 0 Å². The van der Waals surface area contributed by atoms with Crippen LogP contribution in [0.1, 0.15) is 38.3 Å². The van der Waals surface area contributed by atoms with Gasteiger partial charge in [0.05, 0.1) is 0 Å². The number of hydrogen-bond acceptors (Lipinski definition) is 1. The van der Waals surface area contributed by atoms with Crippen LogP contribution < -0.4 is 4.90 Å². The molecule has 0 spiro atoms. The summed E-state index contributed by atoms with van der Waals surface area (Å²) in [7, 11) is 0. The molecule has 1 aliphatic carbocycles. The SMILES string of the molecule is C=C1C=C(CC)c2ccc(N(CC)CC)cc2C1. The van der Waals surface area contributed by atoms with Crippen molar-refractivity contribution in [2.75, 3.05) is 18.0 Å². The zero-order valence-electron chi connectivity index (χ0n) is 11.8. The maximum Gasteiger partial charge on any atom is 0.0369 e. The molecule has 18 heavy (non-hydrogen) atoms. The molecule has 0 aromatic heterocycles. The van der Waals surface area contributed by atoms with Crippen LogP contribution in [0.5, 0.6) is 0 Å². The number of hydrogen-bond donors (Lipinski definition) is 0. The first-order chi connectivity index (χ1) is 8.69. The third-order valence-electron chi connectivity index (χ3n) is 3.74. The second-order valence-electron chi connectivity index (χ2n) is 4.87. The van der Waals surface area contributed by atoms with E-state index in [-0.39, 0.29) is 0 Å². The van der Waals surface area contributed by atoms with Crippen LogP contribution in [-0.2, 0) is 6.42 Å². The highest BCUT2D eigenvalue weighted by atomic mass is 15.1. The Morgan fingerprint density at radius 2 is 1.89 bits per heavy atom. The van der Waals surface area contributed by atoms with Crippen LogP contribution in [0.3, 0.4) is 0 Å². The first-order valence-corrected chi connectivity index (χ1v) is 6.96. The van der Waals surface area contributed by atoms with E-state index in [2.05, 4.69) is 56.5 Å². The van der Waals surface area contributed by atoms with E-state index in [1.54, 1.807) is 0 Å². The molecule has 0 atom stereocenters. The molecule has 0 radical (unpaired) electrons. The average molecular weight is 241 g/mol. The Bertz CT molecular complexity index is 478. The lowest BCUT2D eigenvalue weighted by atomic mass is 9.87. The number of fused-ring (bicyclic) bond motifs is 1. The van der Waals surface area contributed by atoms with Crippen LogP contribution in [0.25, 0.3) is 5.57 Å². The molecule has 96 valence electrons. The van der Waals surface area contributed by atoms with Crippen LogP contribution in [0, 0.1) is 0 Å². The monoisotopic (exact) mass is 241 g/mol. The fourth-order valence-corrected chi connectivity index (χ4v) is 2.74. The summed E-state index contributed by atoms with van der Waals surface area (Å²) in [6, 6.07) is 6.88. The predicted octanol–water partition coefficient (Wildman–Crippen LogP) is 4.44. The minimum atomic E-state index is 0.994. The Morgan fingerprint density at radius 3 is 2.50 bits per heavy atom. The van der Waals surface area contributed by atoms with Gasteiger partial charge in [0.15, 0.2) is 0 Å². The zero-order chi connectivity index (χ0) is 13.1. The van der Waals surface area contributed by atoms with E-state index in [1.807, 2.05) is 0 Å². The van der Waals surface area contributed by atoms with Gasteiger partial charge in [-0.3, -0.25) is 0 Å². The van der Waals surface area contributed by atoms with Gasteiger partial charge in [-0.2, -0.15) is 0 Å². The van der Waals surface area contributed by atoms with Crippen molar-refractivity contribution in [3.05, 3.63) is 47.6 Å². The van der Waals surface area contributed by atoms with Crippen LogP contribution in [0.4, 0.5) is 5.69 Å². The summed E-state index contributed by atoms with van der Waals surface area (Å²) in [4.78, 5) is 2.40. The van der Waals surface area contributed by atoms with Crippen molar-refractivity contribution in [1.82, 2.24) is 0 Å². The van der Waals surface area contributed by atoms with Gasteiger partial charge in [-0.1, -0.05) is 31.2 Å². The van der Waals surface area contributed by atoms with Crippen molar-refractivity contribution in [1.29, 1.82) is 0 Å². The highest BCUT2D eigenvalue weighted by molar-refractivity contribution is 5.75. The molecule has 0 N–H and O–H groups in total. The first-order valence-electron chi connectivity index (χ1n) is 6.96. The Hall–Kier alpha value is -1.50. The quantitative estimate of drug-likeness (QED) is 0.753. The Balaban J connectivity index is 2.42. The summed E-state index contributed by atoms with van der Waals surface area (Å²) < 4.78 is 0. The van der Waals surface area contributed by atoms with Gasteiger partial charge in [0.2, 0.25) is 0 Å². The summed E-state index contributed by atoms with van der Waals surface area (Å²) >= 11 is 0. The molecule has 1 aromatic rings. The Morgan fingerprint density at radius 1 is 1.17 bits per heavy atom. The van der Waals surface area contributed by atoms with Gasteiger partial charge in [0.25, 0.3) is 0 Å². The maximum atomic E-state index is 4.14. The molecule has 1 nitrogen and oxygen atoms in total. The minimum Gasteiger partial charge on any atom is -0.372 e. The van der Waals surface area contributed by atoms with Gasteiger partial charge >= 0.3 is 0 Å². The van der Waals surface area contributed by atoms with Gasteiger partial charge in [0.1, 0.15) is 0 Å². The second-order valence-corrected chi connectivity index (χ2v) is 4.87. The normalized spacial score (nSPS) is 14.2. The van der Waals surface area contributed by atoms with Crippen molar-refractivity contribution in [3.8, 4) is 0 Å². The molecule has 1 aromatic carbocycles. The van der Waals surface area contributed by atoms with E-state index in [9.17, 15) is 0 Å². The third-order valence-corrected chi connectivity index (χ3v) is 3.74. The van der Waals surface area contributed by atoms with Crippen LogP contribution in [0.2, 0.25) is 0 Å². The molecule has 2 rings (SSSR count). The first kappa shape index (κ1) is 12.9. The fourth-order valence-electron chi connectivity index (χ4n) is 2.74. The average Bonchev–Trinajstić information content (AvgIpc) is 2.38. The van der Waals surface area contributed by atoms with Crippen LogP contribution in [-0.4, -0.2) is 13.1 Å². The van der Waals surface area contributed by atoms with E-state index in [4.69, 9.17) is 0 Å². The summed E-state index contributed by atoms with van der Waals surface area (Å²) in [5.74, 6) is 0. The summed E-state index contributed by atoms with van der Waals surface area (Å²) in [6.45, 7) is 12.9. The van der Waals surface area contributed by atoms with Gasteiger partial charge < -0.3 is 4.90 Å². The van der Waals surface area contributed by atoms with Gasteiger partial charge in [-0.15, -0.1) is 0 Å². The summed E-state index contributed by atoms with van der Waals surface area (Å²) in [5, 5.41) is 0. The Kier molecular flexibility index (Phi) is 3.90. The van der Waals surface area contributed by atoms with E-state index < -0.39 is 0 Å². The van der Waals surface area contributed by atoms with Crippen molar-refractivity contribution in [2.24, 2.45) is 0 Å². The van der Waals surface area contributed by atoms with E-state index in [0.717, 1.165) is 25.9 Å². The molecular weight excluding hydrogens is 218 g/mol. The lowest BCUT2D eigenvalue weighted by Crippen LogP contribution is -2.22. The Labute approximate surface area is 111 Å². The molecule has 0 fully saturated rings. The number of benzene rings is 1. The number of anilines is 1. The van der Waals surface area contributed by atoms with Crippen molar-refractivity contribution in [3.63, 3.8) is 0 Å². The van der Waals surface area contributed by atoms with Crippen molar-refractivity contribution >= 4 is 11.3 Å². The summed E-state index contributed by atoms with van der Waals surface area (Å²) in [6.07, 6.45) is 4.32. The topological polar surface area (TPSA) is 3.24 Å². The van der Waals surface area contributed by atoms with Crippen molar-refractivity contribution in [2.45, 2.75) is 33.6 Å². The number of rotatable bonds is 4. The molecule has 1 heteroatoms. The number of nitrogens with zero attached hydrogens (tertiary/aromatic N) is 1. The highest BCUT2D eigenvalue weighted by Gasteiger charge is 2.14. The zero-order valence-corrected chi connectivity index (χ0v) is 11.8. The van der Waals surface area contributed by atoms with E-state index >= 15 is 0 Å². The smallest absolute Gasteiger partial charge is 0.0369 e. The summed E-state index contributed by atoms with van der Waals surface area (Å²) in [5.41, 5.74) is 6.84. The molecular formula is C17H23N. The van der Waals surface area contributed by atoms with Gasteiger partial charge in [-0.25, -0.2) is 0 Å². The fraction of sp³-hybridized carbons (Fsp3) is 0.412. The van der Waals surface area contributed by atoms with Gasteiger partial charge in [-0.05, 0) is 55.5 Å². The third kappa shape index (κ3) is 2.35. The molecule has 0 bridgehead atoms. The maximum absolute atomic E-state index is 4.14. The number of allylic oxidation sites excluding steroid dienone is 3. The molecule has 0 unspecified atom stereocenters. The molecule has 0 heterocycles. The molecule has 0 aliphatic heterocycles. The second kappa shape index (κ2) is 5.43. The minimum absolute atomic E-state index is 0.994.